The number of aromatic nitrogens is 2. The van der Waals surface area contributed by atoms with Crippen molar-refractivity contribution in [2.45, 2.75) is 72.4 Å². The van der Waals surface area contributed by atoms with Gasteiger partial charge in [0, 0.05) is 50.4 Å². The highest BCUT2D eigenvalue weighted by atomic mass is 16.2. The monoisotopic (exact) mass is 360 g/mol. The summed E-state index contributed by atoms with van der Waals surface area (Å²) in [5.74, 6) is 2.21. The Kier molecular flexibility index (Phi) is 6.38. The fourth-order valence-corrected chi connectivity index (χ4v) is 4.63. The number of imidazole rings is 1. The number of rotatable bonds is 7. The van der Waals surface area contributed by atoms with Crippen LogP contribution in [0.25, 0.3) is 0 Å². The Bertz CT molecular complexity index is 597. The largest absolute Gasteiger partial charge is 0.342 e. The van der Waals surface area contributed by atoms with E-state index in [1.165, 1.54) is 18.7 Å². The van der Waals surface area contributed by atoms with E-state index in [0.29, 0.717) is 17.2 Å². The highest BCUT2D eigenvalue weighted by molar-refractivity contribution is 5.77. The van der Waals surface area contributed by atoms with Gasteiger partial charge in [-0.3, -0.25) is 9.69 Å². The lowest BCUT2D eigenvalue weighted by Gasteiger charge is -2.48. The standard InChI is InChI=1S/C21H36N4O/c1-4-11-24-14-10-22-19(24)15-23-12-5-8-21(16-23)9-6-20(26)25(17-21)13-7-18(2)3/h10,14,18H,4-9,11-13,15-17H2,1-3H3/t21-/m0/s1. The van der Waals surface area contributed by atoms with E-state index in [0.717, 1.165) is 65.0 Å². The molecule has 0 unspecified atom stereocenters. The van der Waals surface area contributed by atoms with Crippen molar-refractivity contribution < 1.29 is 4.79 Å². The number of piperidine rings is 2. The fourth-order valence-electron chi connectivity index (χ4n) is 4.63. The summed E-state index contributed by atoms with van der Waals surface area (Å²) in [4.78, 5) is 21.7. The molecule has 2 aliphatic heterocycles. The van der Waals surface area contributed by atoms with E-state index >= 15 is 0 Å². The number of carbonyl (C=O) groups excluding carboxylic acids is 1. The van der Waals surface area contributed by atoms with Crippen LogP contribution in [0, 0.1) is 11.3 Å². The quantitative estimate of drug-likeness (QED) is 0.747. The first-order chi connectivity index (χ1) is 12.5. The molecule has 1 spiro atoms. The molecular weight excluding hydrogens is 324 g/mol. The topological polar surface area (TPSA) is 41.4 Å². The fraction of sp³-hybridized carbons (Fsp3) is 0.810. The van der Waals surface area contributed by atoms with Gasteiger partial charge >= 0.3 is 0 Å². The minimum absolute atomic E-state index is 0.297. The summed E-state index contributed by atoms with van der Waals surface area (Å²) >= 11 is 0. The van der Waals surface area contributed by atoms with Crippen molar-refractivity contribution in [3.63, 3.8) is 0 Å². The number of amides is 1. The van der Waals surface area contributed by atoms with Crippen LogP contribution in [-0.4, -0.2) is 51.4 Å². The molecule has 1 aromatic rings. The lowest BCUT2D eigenvalue weighted by Crippen LogP contribution is -2.54. The molecule has 1 atom stereocenters. The van der Waals surface area contributed by atoms with Crippen molar-refractivity contribution >= 4 is 5.91 Å². The van der Waals surface area contributed by atoms with Crippen LogP contribution in [0.3, 0.4) is 0 Å². The first-order valence-electron chi connectivity index (χ1n) is 10.5. The smallest absolute Gasteiger partial charge is 0.222 e. The number of carbonyl (C=O) groups is 1. The van der Waals surface area contributed by atoms with E-state index < -0.39 is 0 Å². The van der Waals surface area contributed by atoms with Gasteiger partial charge in [-0.2, -0.15) is 0 Å². The molecule has 0 aromatic carbocycles. The number of likely N-dealkylation sites (tertiary alicyclic amines) is 2. The summed E-state index contributed by atoms with van der Waals surface area (Å²) in [7, 11) is 0. The first-order valence-corrected chi connectivity index (χ1v) is 10.5. The number of hydrogen-bond donors (Lipinski definition) is 0. The first kappa shape index (κ1) is 19.4. The highest BCUT2D eigenvalue weighted by Gasteiger charge is 2.41. The van der Waals surface area contributed by atoms with Crippen LogP contribution in [0.1, 0.15) is 65.1 Å². The molecule has 0 aliphatic carbocycles. The van der Waals surface area contributed by atoms with Gasteiger partial charge in [-0.25, -0.2) is 4.98 Å². The molecule has 2 saturated heterocycles. The maximum Gasteiger partial charge on any atom is 0.222 e. The van der Waals surface area contributed by atoms with Gasteiger partial charge in [0.2, 0.25) is 5.91 Å². The molecular formula is C21H36N4O. The van der Waals surface area contributed by atoms with Gasteiger partial charge in [0.1, 0.15) is 5.82 Å². The van der Waals surface area contributed by atoms with Gasteiger partial charge in [0.25, 0.3) is 0 Å². The second-order valence-electron chi connectivity index (χ2n) is 8.85. The zero-order valence-electron chi connectivity index (χ0n) is 16.9. The third-order valence-electron chi connectivity index (χ3n) is 6.10. The Hall–Kier alpha value is -1.36. The molecule has 0 bridgehead atoms. The SMILES string of the molecule is CCCn1ccnc1CN1CCC[C@]2(CCC(=O)N(CCC(C)C)C2)C1. The third-order valence-corrected chi connectivity index (χ3v) is 6.10. The van der Waals surface area contributed by atoms with E-state index in [-0.39, 0.29) is 0 Å². The zero-order valence-corrected chi connectivity index (χ0v) is 16.9. The lowest BCUT2D eigenvalue weighted by molar-refractivity contribution is -0.139. The van der Waals surface area contributed by atoms with Crippen molar-refractivity contribution in [1.82, 2.24) is 19.4 Å². The van der Waals surface area contributed by atoms with Crippen molar-refractivity contribution in [2.75, 3.05) is 26.2 Å². The molecule has 26 heavy (non-hydrogen) atoms. The Labute approximate surface area is 158 Å². The molecule has 0 radical (unpaired) electrons. The highest BCUT2D eigenvalue weighted by Crippen LogP contribution is 2.39. The molecule has 3 rings (SSSR count). The van der Waals surface area contributed by atoms with Crippen LogP contribution < -0.4 is 0 Å². The van der Waals surface area contributed by atoms with Crippen LogP contribution >= 0.6 is 0 Å². The van der Waals surface area contributed by atoms with Gasteiger partial charge in [-0.15, -0.1) is 0 Å². The van der Waals surface area contributed by atoms with E-state index in [1.807, 2.05) is 6.20 Å². The Morgan fingerprint density at radius 2 is 2.08 bits per heavy atom. The molecule has 1 aromatic heterocycles. The Morgan fingerprint density at radius 1 is 1.23 bits per heavy atom. The molecule has 2 fully saturated rings. The normalized spacial score (nSPS) is 24.8. The molecule has 5 heteroatoms. The van der Waals surface area contributed by atoms with Crippen molar-refractivity contribution in [2.24, 2.45) is 11.3 Å². The van der Waals surface area contributed by atoms with Gasteiger partial charge in [0.15, 0.2) is 0 Å². The summed E-state index contributed by atoms with van der Waals surface area (Å²) in [5, 5.41) is 0. The maximum absolute atomic E-state index is 12.4. The van der Waals surface area contributed by atoms with Gasteiger partial charge < -0.3 is 9.47 Å². The predicted molar refractivity (Wildman–Crippen MR) is 105 cm³/mol. The Morgan fingerprint density at radius 3 is 2.85 bits per heavy atom. The average molecular weight is 361 g/mol. The third kappa shape index (κ3) is 4.67. The van der Waals surface area contributed by atoms with Gasteiger partial charge in [-0.05, 0) is 44.6 Å². The maximum atomic E-state index is 12.4. The predicted octanol–water partition coefficient (Wildman–Crippen LogP) is 3.54. The van der Waals surface area contributed by atoms with E-state index in [9.17, 15) is 4.79 Å². The summed E-state index contributed by atoms with van der Waals surface area (Å²) in [6.07, 6.45) is 10.6. The second kappa shape index (κ2) is 8.55. The lowest BCUT2D eigenvalue weighted by atomic mass is 9.73. The summed E-state index contributed by atoms with van der Waals surface area (Å²) in [6.45, 7) is 12.8. The number of hydrogen-bond acceptors (Lipinski definition) is 3. The molecule has 146 valence electrons. The van der Waals surface area contributed by atoms with Crippen LogP contribution in [0.15, 0.2) is 12.4 Å². The zero-order chi connectivity index (χ0) is 18.6. The van der Waals surface area contributed by atoms with E-state index in [4.69, 9.17) is 0 Å². The molecule has 1 amide bonds. The van der Waals surface area contributed by atoms with Crippen molar-refractivity contribution in [1.29, 1.82) is 0 Å². The minimum Gasteiger partial charge on any atom is -0.342 e. The van der Waals surface area contributed by atoms with E-state index in [2.05, 4.69) is 46.3 Å². The summed E-state index contributed by atoms with van der Waals surface area (Å²) in [6, 6.07) is 0. The molecule has 0 N–H and O–H groups in total. The number of aryl methyl sites for hydroxylation is 1. The van der Waals surface area contributed by atoms with Gasteiger partial charge in [0.05, 0.1) is 6.54 Å². The molecule has 0 saturated carbocycles. The summed E-state index contributed by atoms with van der Waals surface area (Å²) < 4.78 is 2.29. The average Bonchev–Trinajstić information content (AvgIpc) is 3.03. The van der Waals surface area contributed by atoms with Crippen molar-refractivity contribution in [3.8, 4) is 0 Å². The van der Waals surface area contributed by atoms with Crippen LogP contribution in [-0.2, 0) is 17.9 Å². The summed E-state index contributed by atoms with van der Waals surface area (Å²) in [5.41, 5.74) is 0.297. The van der Waals surface area contributed by atoms with Gasteiger partial charge in [-0.1, -0.05) is 20.8 Å². The van der Waals surface area contributed by atoms with Crippen LogP contribution in [0.4, 0.5) is 0 Å². The van der Waals surface area contributed by atoms with E-state index in [1.54, 1.807) is 0 Å². The molecule has 2 aliphatic rings. The van der Waals surface area contributed by atoms with Crippen LogP contribution in [0.2, 0.25) is 0 Å². The number of nitrogens with zero attached hydrogens (tertiary/aromatic N) is 4. The second-order valence-corrected chi connectivity index (χ2v) is 8.85. The van der Waals surface area contributed by atoms with Crippen molar-refractivity contribution in [3.05, 3.63) is 18.2 Å². The van der Waals surface area contributed by atoms with Crippen LogP contribution in [0.5, 0.6) is 0 Å². The molecule has 5 nitrogen and oxygen atoms in total. The molecule has 3 heterocycles. The Balaban J connectivity index is 1.63. The minimum atomic E-state index is 0.297.